The number of aryl methyl sites for hydroxylation is 1. The lowest BCUT2D eigenvalue weighted by atomic mass is 10.0. The molecular formula is C15H22F3NO2. The first-order valence-electron chi connectivity index (χ1n) is 6.95. The highest BCUT2D eigenvalue weighted by atomic mass is 19.4. The van der Waals surface area contributed by atoms with Gasteiger partial charge in [0.25, 0.3) is 0 Å². The van der Waals surface area contributed by atoms with Crippen molar-refractivity contribution in [2.45, 2.75) is 26.1 Å². The second-order valence-corrected chi connectivity index (χ2v) is 5.03. The van der Waals surface area contributed by atoms with Gasteiger partial charge in [-0.05, 0) is 43.0 Å². The Kier molecular flexibility index (Phi) is 7.53. The van der Waals surface area contributed by atoms with Gasteiger partial charge in [-0.3, -0.25) is 0 Å². The molecule has 3 nitrogen and oxygen atoms in total. The average Bonchev–Trinajstić information content (AvgIpc) is 2.41. The smallest absolute Gasteiger partial charge is 0.406 e. The van der Waals surface area contributed by atoms with Crippen LogP contribution in [-0.2, 0) is 11.2 Å². The highest BCUT2D eigenvalue weighted by Gasteiger charge is 2.30. The van der Waals surface area contributed by atoms with Crippen molar-refractivity contribution in [2.24, 2.45) is 5.92 Å². The van der Waals surface area contributed by atoms with Gasteiger partial charge < -0.3 is 14.8 Å². The first-order valence-corrected chi connectivity index (χ1v) is 6.95. The van der Waals surface area contributed by atoms with Crippen molar-refractivity contribution in [1.29, 1.82) is 0 Å². The number of rotatable bonds is 9. The summed E-state index contributed by atoms with van der Waals surface area (Å²) in [7, 11) is 1.66. The molecule has 0 saturated carbocycles. The zero-order valence-electron chi connectivity index (χ0n) is 12.4. The van der Waals surface area contributed by atoms with Gasteiger partial charge in [-0.15, -0.1) is 13.2 Å². The Labute approximate surface area is 123 Å². The summed E-state index contributed by atoms with van der Waals surface area (Å²) in [6, 6.07) is 6.05. The molecule has 1 aromatic rings. The number of halogens is 3. The Morgan fingerprint density at radius 1 is 1.19 bits per heavy atom. The molecule has 0 aliphatic rings. The molecule has 0 bridgehead atoms. The largest absolute Gasteiger partial charge is 0.573 e. The maximum Gasteiger partial charge on any atom is 0.573 e. The van der Waals surface area contributed by atoms with Crippen LogP contribution >= 0.6 is 0 Å². The Balaban J connectivity index is 2.29. The van der Waals surface area contributed by atoms with E-state index in [4.69, 9.17) is 4.74 Å². The first-order chi connectivity index (χ1) is 9.90. The summed E-state index contributed by atoms with van der Waals surface area (Å²) in [5.41, 5.74) is 1.01. The summed E-state index contributed by atoms with van der Waals surface area (Å²) in [6.07, 6.45) is -2.83. The lowest BCUT2D eigenvalue weighted by Gasteiger charge is -2.13. The summed E-state index contributed by atoms with van der Waals surface area (Å²) < 4.78 is 44.9. The van der Waals surface area contributed by atoms with Crippen LogP contribution < -0.4 is 10.1 Å². The second-order valence-electron chi connectivity index (χ2n) is 5.03. The normalized spacial score (nSPS) is 13.2. The average molecular weight is 305 g/mol. The standard InChI is InChI=1S/C15H22F3NO2/c1-12(11-19-9-10-20-2)3-4-13-5-7-14(8-6-13)21-15(16,17)18/h5-8,12,19H,3-4,9-11H2,1-2H3. The lowest BCUT2D eigenvalue weighted by molar-refractivity contribution is -0.274. The molecule has 21 heavy (non-hydrogen) atoms. The number of hydrogen-bond acceptors (Lipinski definition) is 3. The van der Waals surface area contributed by atoms with E-state index in [-0.39, 0.29) is 5.75 Å². The van der Waals surface area contributed by atoms with Gasteiger partial charge in [0.05, 0.1) is 6.61 Å². The van der Waals surface area contributed by atoms with Crippen molar-refractivity contribution < 1.29 is 22.6 Å². The zero-order chi connectivity index (χ0) is 15.7. The molecule has 1 N–H and O–H groups in total. The number of methoxy groups -OCH3 is 1. The van der Waals surface area contributed by atoms with Crippen molar-refractivity contribution in [3.8, 4) is 5.75 Å². The molecule has 1 atom stereocenters. The third kappa shape index (κ3) is 8.57. The van der Waals surface area contributed by atoms with Crippen molar-refractivity contribution in [2.75, 3.05) is 26.8 Å². The molecule has 0 radical (unpaired) electrons. The van der Waals surface area contributed by atoms with E-state index in [9.17, 15) is 13.2 Å². The summed E-state index contributed by atoms with van der Waals surface area (Å²) >= 11 is 0. The van der Waals surface area contributed by atoms with Crippen LogP contribution in [0.15, 0.2) is 24.3 Å². The molecular weight excluding hydrogens is 283 g/mol. The third-order valence-corrected chi connectivity index (χ3v) is 3.06. The SMILES string of the molecule is COCCNCC(C)CCc1ccc(OC(F)(F)F)cc1. The molecule has 0 aromatic heterocycles. The summed E-state index contributed by atoms with van der Waals surface area (Å²) in [6.45, 7) is 4.55. The number of ether oxygens (including phenoxy) is 2. The van der Waals surface area contributed by atoms with Gasteiger partial charge in [-0.1, -0.05) is 19.1 Å². The number of hydrogen-bond donors (Lipinski definition) is 1. The van der Waals surface area contributed by atoms with Crippen molar-refractivity contribution in [3.63, 3.8) is 0 Å². The van der Waals surface area contributed by atoms with Gasteiger partial charge >= 0.3 is 6.36 Å². The predicted molar refractivity (Wildman–Crippen MR) is 75.4 cm³/mol. The van der Waals surface area contributed by atoms with Gasteiger partial charge in [0.1, 0.15) is 5.75 Å². The molecule has 0 spiro atoms. The summed E-state index contributed by atoms with van der Waals surface area (Å²) in [5.74, 6) is 0.313. The van der Waals surface area contributed by atoms with Crippen LogP contribution in [0, 0.1) is 5.92 Å². The molecule has 1 rings (SSSR count). The minimum atomic E-state index is -4.64. The van der Waals surface area contributed by atoms with E-state index in [0.29, 0.717) is 12.5 Å². The van der Waals surface area contributed by atoms with E-state index < -0.39 is 6.36 Å². The molecule has 1 aromatic carbocycles. The Morgan fingerprint density at radius 3 is 2.43 bits per heavy atom. The van der Waals surface area contributed by atoms with Crippen LogP contribution in [0.2, 0.25) is 0 Å². The van der Waals surface area contributed by atoms with Gasteiger partial charge in [-0.25, -0.2) is 0 Å². The van der Waals surface area contributed by atoms with Crippen LogP contribution in [0.5, 0.6) is 5.75 Å². The van der Waals surface area contributed by atoms with Crippen LogP contribution in [-0.4, -0.2) is 33.2 Å². The minimum Gasteiger partial charge on any atom is -0.406 e. The number of benzene rings is 1. The second kappa shape index (κ2) is 8.89. The summed E-state index contributed by atoms with van der Waals surface area (Å²) in [4.78, 5) is 0. The monoisotopic (exact) mass is 305 g/mol. The zero-order valence-corrected chi connectivity index (χ0v) is 12.4. The molecule has 6 heteroatoms. The first kappa shape index (κ1) is 17.8. The quantitative estimate of drug-likeness (QED) is 0.709. The maximum absolute atomic E-state index is 12.0. The third-order valence-electron chi connectivity index (χ3n) is 3.06. The van der Waals surface area contributed by atoms with Gasteiger partial charge in [0.15, 0.2) is 0 Å². The number of nitrogens with one attached hydrogen (secondary N) is 1. The van der Waals surface area contributed by atoms with E-state index in [2.05, 4.69) is 17.0 Å². The Morgan fingerprint density at radius 2 is 1.86 bits per heavy atom. The van der Waals surface area contributed by atoms with Crippen molar-refractivity contribution >= 4 is 0 Å². The molecule has 120 valence electrons. The minimum absolute atomic E-state index is 0.180. The fourth-order valence-corrected chi connectivity index (χ4v) is 1.90. The van der Waals surface area contributed by atoms with Gasteiger partial charge in [-0.2, -0.15) is 0 Å². The Hall–Kier alpha value is -1.27. The van der Waals surface area contributed by atoms with Gasteiger partial charge in [0, 0.05) is 13.7 Å². The van der Waals surface area contributed by atoms with Crippen molar-refractivity contribution in [1.82, 2.24) is 5.32 Å². The van der Waals surface area contributed by atoms with E-state index in [0.717, 1.165) is 31.5 Å². The number of alkyl halides is 3. The maximum atomic E-state index is 12.0. The topological polar surface area (TPSA) is 30.5 Å². The predicted octanol–water partition coefficient (Wildman–Crippen LogP) is 3.39. The van der Waals surface area contributed by atoms with Crippen LogP contribution in [0.4, 0.5) is 13.2 Å². The van der Waals surface area contributed by atoms with Crippen LogP contribution in [0.3, 0.4) is 0 Å². The molecule has 1 unspecified atom stereocenters. The van der Waals surface area contributed by atoms with Crippen molar-refractivity contribution in [3.05, 3.63) is 29.8 Å². The highest BCUT2D eigenvalue weighted by Crippen LogP contribution is 2.23. The van der Waals surface area contributed by atoms with Gasteiger partial charge in [0.2, 0.25) is 0 Å². The molecule has 0 amide bonds. The van der Waals surface area contributed by atoms with E-state index >= 15 is 0 Å². The molecule has 0 saturated heterocycles. The van der Waals surface area contributed by atoms with E-state index in [1.54, 1.807) is 19.2 Å². The van der Waals surface area contributed by atoms with E-state index in [1.807, 2.05) is 0 Å². The van der Waals surface area contributed by atoms with E-state index in [1.165, 1.54) is 12.1 Å². The molecule has 0 aliphatic heterocycles. The molecule has 0 fully saturated rings. The fourth-order valence-electron chi connectivity index (χ4n) is 1.90. The molecule has 0 aliphatic carbocycles. The van der Waals surface area contributed by atoms with Crippen LogP contribution in [0.1, 0.15) is 18.9 Å². The summed E-state index contributed by atoms with van der Waals surface area (Å²) in [5, 5.41) is 3.29. The fraction of sp³-hybridized carbons (Fsp3) is 0.600. The van der Waals surface area contributed by atoms with Crippen LogP contribution in [0.25, 0.3) is 0 Å². The molecule has 0 heterocycles. The Bertz CT molecular complexity index is 393. The highest BCUT2D eigenvalue weighted by molar-refractivity contribution is 5.27. The lowest BCUT2D eigenvalue weighted by Crippen LogP contribution is -2.25.